The van der Waals surface area contributed by atoms with Crippen molar-refractivity contribution in [3.63, 3.8) is 0 Å². The Kier molecular flexibility index (Phi) is 19.8. The molecule has 1 N–H and O–H groups in total. The van der Waals surface area contributed by atoms with Gasteiger partial charge < -0.3 is 27.9 Å². The quantitative estimate of drug-likeness (QED) is 0.0633. The number of carbonyl (C=O) groups excluding carboxylic acids is 1. The number of para-hydroxylation sites is 1. The molecule has 0 saturated carbocycles. The van der Waals surface area contributed by atoms with Crippen LogP contribution in [0.15, 0.2) is 24.3 Å². The van der Waals surface area contributed by atoms with E-state index in [1.807, 2.05) is 39.3 Å². The van der Waals surface area contributed by atoms with E-state index in [9.17, 15) is 9.69 Å². The van der Waals surface area contributed by atoms with Gasteiger partial charge in [0, 0.05) is 0 Å². The molecule has 0 aliphatic rings. The molecule has 7 nitrogen and oxygen atoms in total. The highest BCUT2D eigenvalue weighted by Crippen LogP contribution is 2.33. The maximum atomic E-state index is 10.9. The van der Waals surface area contributed by atoms with Gasteiger partial charge in [-0.1, -0.05) is 95.8 Å². The van der Waals surface area contributed by atoms with Crippen molar-refractivity contribution >= 4 is 15.1 Å². The molecular weight excluding hydrogens is 489 g/mol. The van der Waals surface area contributed by atoms with Gasteiger partial charge in [-0.3, -0.25) is 4.79 Å². The van der Waals surface area contributed by atoms with Crippen molar-refractivity contribution in [1.29, 1.82) is 0 Å². The molecule has 0 aliphatic heterocycles. The molecule has 2 atom stereocenters. The van der Waals surface area contributed by atoms with E-state index in [2.05, 4.69) is 13.0 Å². The Morgan fingerprint density at radius 3 is 2.05 bits per heavy atom. The Balaban J connectivity index is 2.27. The van der Waals surface area contributed by atoms with Gasteiger partial charge in [0.1, 0.15) is 25.5 Å². The van der Waals surface area contributed by atoms with Gasteiger partial charge in [0.05, 0.1) is 27.7 Å². The summed E-state index contributed by atoms with van der Waals surface area (Å²) in [6, 6.07) is 8.01. The smallest absolute Gasteiger partial charge is 0.330 e. The Labute approximate surface area is 227 Å². The lowest BCUT2D eigenvalue weighted by Crippen LogP contribution is -2.37. The molecule has 0 saturated heterocycles. The largest absolute Gasteiger partial charge is 0.489 e. The van der Waals surface area contributed by atoms with Crippen LogP contribution in [0.25, 0.3) is 0 Å². The molecule has 0 aromatic heterocycles. The molecule has 0 radical (unpaired) electrons. The van der Waals surface area contributed by atoms with Crippen LogP contribution in [0, 0.1) is 0 Å². The average molecular weight is 543 g/mol. The average Bonchev–Trinajstić information content (AvgIpc) is 2.86. The van der Waals surface area contributed by atoms with Crippen molar-refractivity contribution in [2.75, 3.05) is 47.5 Å². The van der Waals surface area contributed by atoms with Gasteiger partial charge in [-0.2, -0.15) is 0 Å². The monoisotopic (exact) mass is 542 g/mol. The van der Waals surface area contributed by atoms with Crippen LogP contribution >= 0.6 is 8.60 Å². The summed E-state index contributed by atoms with van der Waals surface area (Å²) in [5.74, 6) is 0.801. The normalized spacial score (nSPS) is 13.3. The highest BCUT2D eigenvalue weighted by molar-refractivity contribution is 7.40. The zero-order valence-corrected chi connectivity index (χ0v) is 24.8. The number of carbonyl (C=O) groups is 1. The third kappa shape index (κ3) is 19.5. The van der Waals surface area contributed by atoms with E-state index in [0.29, 0.717) is 13.1 Å². The number of nitrogens with zero attached hydrogens (tertiary/aromatic N) is 1. The van der Waals surface area contributed by atoms with Crippen molar-refractivity contribution in [1.82, 2.24) is 0 Å². The molecule has 0 spiro atoms. The number of quaternary nitrogens is 1. The highest BCUT2D eigenvalue weighted by atomic mass is 31.2. The molecule has 37 heavy (non-hydrogen) atoms. The lowest BCUT2D eigenvalue weighted by Gasteiger charge is -2.24. The molecule has 0 aliphatic carbocycles. The van der Waals surface area contributed by atoms with Gasteiger partial charge in [-0.05, 0) is 24.5 Å². The minimum Gasteiger partial charge on any atom is -0.489 e. The number of ether oxygens (including phenoxy) is 2. The fraction of sp³-hybridized carbons (Fsp3) is 0.759. The fourth-order valence-corrected chi connectivity index (χ4v) is 4.58. The van der Waals surface area contributed by atoms with Gasteiger partial charge in [-0.25, -0.2) is 0 Å². The Bertz CT molecular complexity index is 685. The maximum absolute atomic E-state index is 10.9. The first-order valence-corrected chi connectivity index (χ1v) is 15.3. The van der Waals surface area contributed by atoms with Crippen molar-refractivity contribution < 1.29 is 32.7 Å². The van der Waals surface area contributed by atoms with Gasteiger partial charge in [0.2, 0.25) is 0 Å². The van der Waals surface area contributed by atoms with Crippen molar-refractivity contribution in [3.8, 4) is 5.75 Å². The van der Waals surface area contributed by atoms with Gasteiger partial charge in [0.25, 0.3) is 6.47 Å². The molecule has 1 aromatic rings. The zero-order chi connectivity index (χ0) is 27.2. The van der Waals surface area contributed by atoms with Crippen LogP contribution < -0.4 is 4.74 Å². The summed E-state index contributed by atoms with van der Waals surface area (Å²) in [6.07, 6.45) is 16.3. The summed E-state index contributed by atoms with van der Waals surface area (Å²) >= 11 is 0. The first-order valence-electron chi connectivity index (χ1n) is 14.2. The molecule has 0 bridgehead atoms. The van der Waals surface area contributed by atoms with Crippen LogP contribution in [0.4, 0.5) is 0 Å². The molecule has 0 heterocycles. The minimum atomic E-state index is -2.03. The number of unbranched alkanes of at least 4 members (excludes halogenated alkanes) is 11. The minimum absolute atomic E-state index is 0.00618. The van der Waals surface area contributed by atoms with E-state index in [1.165, 1.54) is 70.6 Å². The van der Waals surface area contributed by atoms with Gasteiger partial charge >= 0.3 is 8.60 Å². The van der Waals surface area contributed by atoms with Gasteiger partial charge in [-0.15, -0.1) is 0 Å². The van der Waals surface area contributed by atoms with Crippen LogP contribution in [-0.2, 0) is 25.0 Å². The summed E-state index contributed by atoms with van der Waals surface area (Å²) in [7, 11) is 4.11. The third-order valence-corrected chi connectivity index (χ3v) is 7.05. The Morgan fingerprint density at radius 1 is 0.865 bits per heavy atom. The topological polar surface area (TPSA) is 74.2 Å². The lowest BCUT2D eigenvalue weighted by atomic mass is 10.0. The predicted molar refractivity (Wildman–Crippen MR) is 152 cm³/mol. The molecule has 8 heteroatoms. The predicted octanol–water partition coefficient (Wildman–Crippen LogP) is 6.81. The van der Waals surface area contributed by atoms with Gasteiger partial charge in [0.15, 0.2) is 6.10 Å². The second-order valence-electron chi connectivity index (χ2n) is 10.8. The van der Waals surface area contributed by atoms with Crippen molar-refractivity contribution in [3.05, 3.63) is 29.8 Å². The van der Waals surface area contributed by atoms with Crippen molar-refractivity contribution in [2.24, 2.45) is 0 Å². The highest BCUT2D eigenvalue weighted by Gasteiger charge is 2.17. The fourth-order valence-electron chi connectivity index (χ4n) is 3.97. The Morgan fingerprint density at radius 2 is 1.46 bits per heavy atom. The SMILES string of the molecule is CCCCCCCCCCCCCCc1ccccc1OCC(COP(O)OCC[N+](C)(C)C)OC=O. The summed E-state index contributed by atoms with van der Waals surface area (Å²) in [4.78, 5) is 20.9. The number of aryl methyl sites for hydroxylation is 1. The number of likely N-dealkylation sites (N-methyl/N-ethyl adjacent to an activating group) is 1. The lowest BCUT2D eigenvalue weighted by molar-refractivity contribution is -0.870. The molecule has 2 unspecified atom stereocenters. The zero-order valence-electron chi connectivity index (χ0n) is 23.9. The standard InChI is InChI=1S/C29H53NO6P/c1-5-6-7-8-9-10-11-12-13-14-15-16-19-27-20-17-18-21-29(27)33-24-28(34-26-31)25-36-37(32)35-23-22-30(2,3)4/h17-18,20-21,26,28,32H,5-16,19,22-25H2,1-4H3/q+1. The first kappa shape index (κ1) is 33.8. The van der Waals surface area contributed by atoms with Crippen LogP contribution in [0.5, 0.6) is 5.75 Å². The summed E-state index contributed by atoms with van der Waals surface area (Å²) in [5.41, 5.74) is 1.16. The summed E-state index contributed by atoms with van der Waals surface area (Å²) < 4.78 is 22.5. The number of benzene rings is 1. The van der Waals surface area contributed by atoms with Crippen molar-refractivity contribution in [2.45, 2.75) is 96.5 Å². The molecule has 0 amide bonds. The van der Waals surface area contributed by atoms with Crippen LogP contribution in [0.3, 0.4) is 0 Å². The third-order valence-electron chi connectivity index (χ3n) is 6.28. The number of hydrogen-bond donors (Lipinski definition) is 1. The second-order valence-corrected chi connectivity index (χ2v) is 11.8. The number of rotatable bonds is 25. The second kappa shape index (κ2) is 21.7. The van der Waals surface area contributed by atoms with Crippen LogP contribution in [0.1, 0.15) is 89.5 Å². The van der Waals surface area contributed by atoms with E-state index < -0.39 is 14.7 Å². The summed E-state index contributed by atoms with van der Waals surface area (Å²) in [6.45, 7) is 3.93. The summed E-state index contributed by atoms with van der Waals surface area (Å²) in [5, 5.41) is 0. The van der Waals surface area contributed by atoms with E-state index in [0.717, 1.165) is 35.2 Å². The molecule has 1 rings (SSSR count). The van der Waals surface area contributed by atoms with E-state index in [-0.39, 0.29) is 13.2 Å². The van der Waals surface area contributed by atoms with Crippen LogP contribution in [0.2, 0.25) is 0 Å². The molecule has 0 fully saturated rings. The molecule has 214 valence electrons. The van der Waals surface area contributed by atoms with E-state index in [1.54, 1.807) is 0 Å². The maximum Gasteiger partial charge on any atom is 0.330 e. The van der Waals surface area contributed by atoms with E-state index >= 15 is 0 Å². The molecular formula is C29H53NO6P+. The van der Waals surface area contributed by atoms with E-state index in [4.69, 9.17) is 18.5 Å². The molecule has 1 aromatic carbocycles. The van der Waals surface area contributed by atoms with Crippen LogP contribution in [-0.4, -0.2) is 69.5 Å². The number of hydrogen-bond acceptors (Lipinski definition) is 6. The first-order chi connectivity index (χ1) is 17.9. The Hall–Kier alpha value is -1.24.